The van der Waals surface area contributed by atoms with Gasteiger partial charge in [0.15, 0.2) is 5.69 Å². The van der Waals surface area contributed by atoms with E-state index in [2.05, 4.69) is 10.3 Å². The first-order valence-electron chi connectivity index (χ1n) is 3.36. The number of methoxy groups -OCH3 is 1. The molecule has 12 heavy (non-hydrogen) atoms. The number of ether oxygens (including phenoxy) is 1. The molecule has 0 saturated heterocycles. The van der Waals surface area contributed by atoms with Crippen molar-refractivity contribution >= 4 is 5.97 Å². The summed E-state index contributed by atoms with van der Waals surface area (Å²) < 4.78 is 6.20. The fraction of sp³-hybridized carbons (Fsp3) is 0.500. The predicted octanol–water partition coefficient (Wildman–Crippen LogP) is -0.377. The molecule has 0 saturated carbocycles. The minimum Gasteiger partial charge on any atom is -0.476 e. The summed E-state index contributed by atoms with van der Waals surface area (Å²) in [6.07, 6.45) is 1.36. The highest BCUT2D eigenvalue weighted by Gasteiger charge is 2.06. The Labute approximate surface area is 68.8 Å². The van der Waals surface area contributed by atoms with Crippen LogP contribution in [0.4, 0.5) is 0 Å². The molecule has 0 aliphatic carbocycles. The molecule has 1 heterocycles. The Morgan fingerprint density at radius 2 is 2.58 bits per heavy atom. The van der Waals surface area contributed by atoms with Gasteiger partial charge in [0.05, 0.1) is 19.3 Å². The zero-order valence-electron chi connectivity index (χ0n) is 6.60. The highest BCUT2D eigenvalue weighted by molar-refractivity contribution is 5.84. The van der Waals surface area contributed by atoms with Gasteiger partial charge in [-0.3, -0.25) is 0 Å². The number of aromatic carboxylic acids is 1. The Hall–Kier alpha value is -1.43. The van der Waals surface area contributed by atoms with E-state index in [1.807, 2.05) is 0 Å². The minimum absolute atomic E-state index is 0.0499. The van der Waals surface area contributed by atoms with E-state index in [0.29, 0.717) is 13.2 Å². The number of hydrogen-bond acceptors (Lipinski definition) is 4. The van der Waals surface area contributed by atoms with E-state index in [9.17, 15) is 4.79 Å². The second kappa shape index (κ2) is 3.82. The molecular weight excluding hydrogens is 162 g/mol. The Morgan fingerprint density at radius 3 is 3.08 bits per heavy atom. The third-order valence-electron chi connectivity index (χ3n) is 1.28. The molecule has 0 radical (unpaired) electrons. The molecule has 0 atom stereocenters. The average molecular weight is 171 g/mol. The number of aromatic nitrogens is 3. The zero-order chi connectivity index (χ0) is 8.97. The summed E-state index contributed by atoms with van der Waals surface area (Å²) in [6.45, 7) is 0.999. The van der Waals surface area contributed by atoms with E-state index in [-0.39, 0.29) is 5.69 Å². The third-order valence-corrected chi connectivity index (χ3v) is 1.28. The lowest BCUT2D eigenvalue weighted by molar-refractivity contribution is 0.0690. The monoisotopic (exact) mass is 171 g/mol. The number of rotatable bonds is 4. The molecule has 0 unspecified atom stereocenters. The van der Waals surface area contributed by atoms with Gasteiger partial charge in [-0.2, -0.15) is 0 Å². The van der Waals surface area contributed by atoms with Crippen molar-refractivity contribution in [3.63, 3.8) is 0 Å². The Morgan fingerprint density at radius 1 is 1.83 bits per heavy atom. The number of carboxylic acid groups (broad SMARTS) is 1. The van der Waals surface area contributed by atoms with Crippen molar-refractivity contribution < 1.29 is 14.6 Å². The fourth-order valence-corrected chi connectivity index (χ4v) is 0.690. The number of carboxylic acids is 1. The van der Waals surface area contributed by atoms with Gasteiger partial charge in [0, 0.05) is 7.11 Å². The second-order valence-electron chi connectivity index (χ2n) is 2.16. The second-order valence-corrected chi connectivity index (χ2v) is 2.16. The average Bonchev–Trinajstić information content (AvgIpc) is 2.48. The first-order valence-corrected chi connectivity index (χ1v) is 3.36. The molecule has 0 spiro atoms. The molecule has 6 heteroatoms. The molecule has 1 rings (SSSR count). The smallest absolute Gasteiger partial charge is 0.358 e. The van der Waals surface area contributed by atoms with Crippen molar-refractivity contribution in [2.75, 3.05) is 13.7 Å². The van der Waals surface area contributed by atoms with Crippen LogP contribution in [0.3, 0.4) is 0 Å². The van der Waals surface area contributed by atoms with Crippen molar-refractivity contribution in [1.29, 1.82) is 0 Å². The molecule has 1 aromatic rings. The Balaban J connectivity index is 2.58. The first kappa shape index (κ1) is 8.66. The van der Waals surface area contributed by atoms with Gasteiger partial charge < -0.3 is 9.84 Å². The topological polar surface area (TPSA) is 77.2 Å². The van der Waals surface area contributed by atoms with Crippen LogP contribution in [0.5, 0.6) is 0 Å². The van der Waals surface area contributed by atoms with Crippen LogP contribution in [0.1, 0.15) is 10.5 Å². The van der Waals surface area contributed by atoms with Crippen molar-refractivity contribution in [3.05, 3.63) is 11.9 Å². The minimum atomic E-state index is -1.07. The van der Waals surface area contributed by atoms with Crippen LogP contribution in [0.25, 0.3) is 0 Å². The standard InChI is InChI=1S/C6H9N3O3/c1-12-3-2-9-4-5(6(10)11)7-8-9/h4H,2-3H2,1H3,(H,10,11). The van der Waals surface area contributed by atoms with E-state index >= 15 is 0 Å². The maximum Gasteiger partial charge on any atom is 0.358 e. The Kier molecular flexibility index (Phi) is 2.76. The normalized spacial score (nSPS) is 10.1. The van der Waals surface area contributed by atoms with E-state index in [0.717, 1.165) is 0 Å². The summed E-state index contributed by atoms with van der Waals surface area (Å²) in [7, 11) is 1.56. The summed E-state index contributed by atoms with van der Waals surface area (Å²) in [6, 6.07) is 0. The summed E-state index contributed by atoms with van der Waals surface area (Å²) in [4.78, 5) is 10.3. The molecule has 1 aromatic heterocycles. The van der Waals surface area contributed by atoms with Crippen LogP contribution in [0.2, 0.25) is 0 Å². The molecule has 1 N–H and O–H groups in total. The van der Waals surface area contributed by atoms with E-state index < -0.39 is 5.97 Å². The Bertz CT molecular complexity index is 271. The predicted molar refractivity (Wildman–Crippen MR) is 38.9 cm³/mol. The van der Waals surface area contributed by atoms with Gasteiger partial charge in [-0.05, 0) is 0 Å². The largest absolute Gasteiger partial charge is 0.476 e. The van der Waals surface area contributed by atoms with Crippen molar-refractivity contribution in [3.8, 4) is 0 Å². The number of nitrogens with zero attached hydrogens (tertiary/aromatic N) is 3. The number of carbonyl (C=O) groups is 1. The van der Waals surface area contributed by atoms with Crippen LogP contribution < -0.4 is 0 Å². The van der Waals surface area contributed by atoms with Crippen molar-refractivity contribution in [2.24, 2.45) is 0 Å². The molecule has 0 fully saturated rings. The maximum absolute atomic E-state index is 10.3. The molecule has 66 valence electrons. The van der Waals surface area contributed by atoms with Crippen LogP contribution in [-0.4, -0.2) is 39.8 Å². The number of hydrogen-bond donors (Lipinski definition) is 1. The van der Waals surface area contributed by atoms with Gasteiger partial charge in [-0.1, -0.05) is 5.21 Å². The SMILES string of the molecule is COCCn1cc(C(=O)O)nn1. The summed E-state index contributed by atoms with van der Waals surface area (Å²) >= 11 is 0. The molecule has 0 aromatic carbocycles. The molecule has 6 nitrogen and oxygen atoms in total. The summed E-state index contributed by atoms with van der Waals surface area (Å²) in [5, 5.41) is 15.5. The van der Waals surface area contributed by atoms with E-state index in [1.165, 1.54) is 10.9 Å². The van der Waals surface area contributed by atoms with Gasteiger partial charge in [0.2, 0.25) is 0 Å². The van der Waals surface area contributed by atoms with Gasteiger partial charge in [-0.25, -0.2) is 9.48 Å². The van der Waals surface area contributed by atoms with Gasteiger partial charge in [-0.15, -0.1) is 5.10 Å². The molecule has 0 aliphatic rings. The lowest BCUT2D eigenvalue weighted by atomic mass is 10.5. The van der Waals surface area contributed by atoms with Crippen molar-refractivity contribution in [1.82, 2.24) is 15.0 Å². The summed E-state index contributed by atoms with van der Waals surface area (Å²) in [5.41, 5.74) is -0.0499. The third kappa shape index (κ3) is 2.03. The van der Waals surface area contributed by atoms with Crippen LogP contribution in [0.15, 0.2) is 6.20 Å². The highest BCUT2D eigenvalue weighted by atomic mass is 16.5. The van der Waals surface area contributed by atoms with E-state index in [4.69, 9.17) is 9.84 Å². The van der Waals surface area contributed by atoms with Gasteiger partial charge in [0.1, 0.15) is 0 Å². The molecular formula is C6H9N3O3. The maximum atomic E-state index is 10.3. The summed E-state index contributed by atoms with van der Waals surface area (Å²) in [5.74, 6) is -1.07. The van der Waals surface area contributed by atoms with Crippen LogP contribution in [0, 0.1) is 0 Å². The molecule has 0 bridgehead atoms. The molecule has 0 amide bonds. The highest BCUT2D eigenvalue weighted by Crippen LogP contribution is 1.91. The van der Waals surface area contributed by atoms with Gasteiger partial charge >= 0.3 is 5.97 Å². The zero-order valence-corrected chi connectivity index (χ0v) is 6.60. The van der Waals surface area contributed by atoms with Gasteiger partial charge in [0.25, 0.3) is 0 Å². The van der Waals surface area contributed by atoms with Crippen LogP contribution >= 0.6 is 0 Å². The fourth-order valence-electron chi connectivity index (χ4n) is 0.690. The quantitative estimate of drug-likeness (QED) is 0.668. The van der Waals surface area contributed by atoms with Crippen molar-refractivity contribution in [2.45, 2.75) is 6.54 Å². The van der Waals surface area contributed by atoms with Crippen LogP contribution in [-0.2, 0) is 11.3 Å². The molecule has 0 aliphatic heterocycles. The lowest BCUT2D eigenvalue weighted by Gasteiger charge is -1.95. The lowest BCUT2D eigenvalue weighted by Crippen LogP contribution is -2.04. The van der Waals surface area contributed by atoms with E-state index in [1.54, 1.807) is 7.11 Å². The first-order chi connectivity index (χ1) is 5.74.